The highest BCUT2D eigenvalue weighted by Crippen LogP contribution is 2.61. The van der Waals surface area contributed by atoms with Crippen LogP contribution in [-0.4, -0.2) is 40.5 Å². The van der Waals surface area contributed by atoms with Crippen molar-refractivity contribution in [2.75, 3.05) is 11.9 Å². The van der Waals surface area contributed by atoms with Gasteiger partial charge in [-0.25, -0.2) is 13.6 Å². The zero-order valence-electron chi connectivity index (χ0n) is 18.2. The third kappa shape index (κ3) is 4.07. The summed E-state index contributed by atoms with van der Waals surface area (Å²) in [6, 6.07) is 1.74. The number of nitrogens with one attached hydrogen (secondary N) is 1. The molecule has 0 aromatic heterocycles. The summed E-state index contributed by atoms with van der Waals surface area (Å²) in [7, 11) is 0. The van der Waals surface area contributed by atoms with Crippen molar-refractivity contribution in [3.05, 3.63) is 29.3 Å². The van der Waals surface area contributed by atoms with Crippen molar-refractivity contribution in [2.24, 2.45) is 28.1 Å². The lowest BCUT2D eigenvalue weighted by molar-refractivity contribution is -0.147. The van der Waals surface area contributed by atoms with Gasteiger partial charge in [-0.05, 0) is 54.1 Å². The lowest BCUT2D eigenvalue weighted by Crippen LogP contribution is -2.62. The Morgan fingerprint density at radius 2 is 1.74 bits per heavy atom. The summed E-state index contributed by atoms with van der Waals surface area (Å²) in [5, 5.41) is 22.2. The molecule has 0 bridgehead atoms. The Hall–Kier alpha value is -1.73. The van der Waals surface area contributed by atoms with Gasteiger partial charge in [0.15, 0.2) is 0 Å². The highest BCUT2D eigenvalue weighted by molar-refractivity contribution is 6.21. The van der Waals surface area contributed by atoms with Gasteiger partial charge in [-0.2, -0.15) is 0 Å². The number of alkyl halides is 1. The third-order valence-electron chi connectivity index (χ3n) is 7.70. The maximum Gasteiger partial charge on any atom is 0.341 e. The van der Waals surface area contributed by atoms with Gasteiger partial charge in [-0.3, -0.25) is 0 Å². The van der Waals surface area contributed by atoms with Gasteiger partial charge in [0.05, 0.1) is 16.9 Å². The van der Waals surface area contributed by atoms with Crippen molar-refractivity contribution in [2.45, 2.75) is 58.4 Å². The largest absolute Gasteiger partial charge is 0.477 e. The van der Waals surface area contributed by atoms with Crippen LogP contribution in [0, 0.1) is 39.7 Å². The van der Waals surface area contributed by atoms with Crippen LogP contribution < -0.4 is 5.32 Å². The number of hydrogen-bond acceptors (Lipinski definition) is 4. The maximum atomic E-state index is 14.1. The number of aromatic carboxylic acids is 1. The number of hydrogen-bond donors (Lipinski definition) is 3. The Labute approximate surface area is 186 Å². The van der Waals surface area contributed by atoms with E-state index in [-0.39, 0.29) is 34.9 Å². The molecule has 5 nitrogen and oxygen atoms in total. The van der Waals surface area contributed by atoms with Gasteiger partial charge < -0.3 is 20.3 Å². The first-order valence-electron chi connectivity index (χ1n) is 10.5. The first-order chi connectivity index (χ1) is 14.3. The van der Waals surface area contributed by atoms with Crippen molar-refractivity contribution in [1.29, 1.82) is 0 Å². The molecule has 0 heterocycles. The molecule has 1 aromatic carbocycles. The molecule has 8 heteroatoms. The van der Waals surface area contributed by atoms with E-state index in [4.69, 9.17) is 16.7 Å². The minimum absolute atomic E-state index is 0.00935. The van der Waals surface area contributed by atoms with Gasteiger partial charge in [0.1, 0.15) is 23.5 Å². The van der Waals surface area contributed by atoms with Crippen LogP contribution in [0.4, 0.5) is 14.5 Å². The summed E-state index contributed by atoms with van der Waals surface area (Å²) in [5.41, 5.74) is -2.46. The van der Waals surface area contributed by atoms with E-state index in [0.717, 1.165) is 25.0 Å². The Morgan fingerprint density at radius 1 is 1.19 bits per heavy atom. The molecular weight excluding hydrogens is 428 g/mol. The van der Waals surface area contributed by atoms with Gasteiger partial charge in [0.2, 0.25) is 0 Å². The van der Waals surface area contributed by atoms with Gasteiger partial charge in [-0.15, -0.1) is 11.6 Å². The lowest BCUT2D eigenvalue weighted by Gasteiger charge is -2.60. The van der Waals surface area contributed by atoms with E-state index in [0.29, 0.717) is 12.7 Å². The second-order valence-electron chi connectivity index (χ2n) is 10.5. The quantitative estimate of drug-likeness (QED) is 0.440. The average Bonchev–Trinajstić information content (AvgIpc) is 2.66. The van der Waals surface area contributed by atoms with Crippen LogP contribution in [0.15, 0.2) is 12.1 Å². The smallest absolute Gasteiger partial charge is 0.341 e. The van der Waals surface area contributed by atoms with Gasteiger partial charge in [-0.1, -0.05) is 27.7 Å². The first-order valence-corrected chi connectivity index (χ1v) is 10.9. The first kappa shape index (κ1) is 23.9. The average molecular weight is 458 g/mol. The van der Waals surface area contributed by atoms with Gasteiger partial charge >= 0.3 is 5.97 Å². The number of aldehydes is 1. The number of carbonyl (C=O) groups is 2. The molecule has 172 valence electrons. The molecule has 5 unspecified atom stereocenters. The van der Waals surface area contributed by atoms with Gasteiger partial charge in [0, 0.05) is 12.2 Å². The van der Waals surface area contributed by atoms with Crippen molar-refractivity contribution < 1.29 is 28.6 Å². The number of rotatable bonds is 5. The van der Waals surface area contributed by atoms with Crippen molar-refractivity contribution in [1.82, 2.24) is 0 Å². The van der Waals surface area contributed by atoms with E-state index in [1.807, 2.05) is 0 Å². The third-order valence-corrected chi connectivity index (χ3v) is 8.21. The molecule has 2 fully saturated rings. The fraction of sp³-hybridized carbons (Fsp3) is 0.652. The van der Waals surface area contributed by atoms with Crippen LogP contribution in [0.1, 0.15) is 57.3 Å². The Bertz CT molecular complexity index is 867. The number of carbonyl (C=O) groups excluding carboxylic acids is 1. The van der Waals surface area contributed by atoms with Crippen molar-refractivity contribution in [3.63, 3.8) is 0 Å². The molecule has 2 saturated carbocycles. The molecule has 0 saturated heterocycles. The predicted molar refractivity (Wildman–Crippen MR) is 114 cm³/mol. The van der Waals surface area contributed by atoms with E-state index in [9.17, 15) is 23.5 Å². The number of halogens is 3. The van der Waals surface area contributed by atoms with E-state index in [1.165, 1.54) is 0 Å². The fourth-order valence-corrected chi connectivity index (χ4v) is 6.38. The summed E-state index contributed by atoms with van der Waals surface area (Å²) in [5.74, 6) is -4.04. The second kappa shape index (κ2) is 8.00. The van der Waals surface area contributed by atoms with Crippen LogP contribution >= 0.6 is 11.6 Å². The molecule has 0 amide bonds. The lowest BCUT2D eigenvalue weighted by atomic mass is 9.47. The standard InChI is InChI=1S/C23H30ClF2NO4/c1-21(2)5-6-22(3,4)17-13(21)9-23(11-28,19(29)18(17)24)10-27-12-7-14(25)16(20(30)31)15(26)8-12/h7-8,11,13,17-19,27,29H,5-6,9-10H2,1-4H3,(H,30,31). The topological polar surface area (TPSA) is 86.6 Å². The van der Waals surface area contributed by atoms with Crippen LogP contribution in [0.2, 0.25) is 0 Å². The van der Waals surface area contributed by atoms with Crippen LogP contribution in [-0.2, 0) is 4.79 Å². The van der Waals surface area contributed by atoms with Crippen molar-refractivity contribution >= 4 is 29.5 Å². The summed E-state index contributed by atoms with van der Waals surface area (Å²) < 4.78 is 28.1. The van der Waals surface area contributed by atoms with E-state index >= 15 is 0 Å². The number of aliphatic hydroxyl groups is 1. The highest BCUT2D eigenvalue weighted by Gasteiger charge is 2.60. The number of carboxylic acid groups (broad SMARTS) is 1. The Morgan fingerprint density at radius 3 is 2.26 bits per heavy atom. The molecule has 2 aliphatic carbocycles. The maximum absolute atomic E-state index is 14.1. The van der Waals surface area contributed by atoms with E-state index in [2.05, 4.69) is 33.0 Å². The molecular formula is C23H30ClF2NO4. The fourth-order valence-electron chi connectivity index (χ4n) is 5.61. The van der Waals surface area contributed by atoms with Crippen LogP contribution in [0.3, 0.4) is 0 Å². The molecule has 0 radical (unpaired) electrons. The summed E-state index contributed by atoms with van der Waals surface area (Å²) in [6.07, 6.45) is 1.90. The number of anilines is 1. The highest BCUT2D eigenvalue weighted by atomic mass is 35.5. The molecule has 0 aliphatic heterocycles. The molecule has 1 aromatic rings. The number of fused-ring (bicyclic) bond motifs is 1. The SMILES string of the molecule is CC1(C)CCC(C)(C)C2C(Cl)C(O)C(C=O)(CNc3cc(F)c(C(=O)O)c(F)c3)CC21. The van der Waals surface area contributed by atoms with Crippen LogP contribution in [0.5, 0.6) is 0 Å². The second-order valence-corrected chi connectivity index (χ2v) is 11.0. The van der Waals surface area contributed by atoms with E-state index in [1.54, 1.807) is 0 Å². The van der Waals surface area contributed by atoms with E-state index < -0.39 is 40.1 Å². The molecule has 3 N–H and O–H groups in total. The predicted octanol–water partition coefficient (Wildman–Crippen LogP) is 4.71. The summed E-state index contributed by atoms with van der Waals surface area (Å²) in [6.45, 7) is 8.51. The van der Waals surface area contributed by atoms with Crippen molar-refractivity contribution in [3.8, 4) is 0 Å². The number of aliphatic hydroxyl groups excluding tert-OH is 1. The minimum atomic E-state index is -1.70. The Kier molecular flexibility index (Phi) is 6.17. The molecule has 2 aliphatic rings. The Balaban J connectivity index is 1.91. The molecule has 3 rings (SSSR count). The molecule has 0 spiro atoms. The monoisotopic (exact) mass is 457 g/mol. The zero-order chi connectivity index (χ0) is 23.4. The summed E-state index contributed by atoms with van der Waals surface area (Å²) >= 11 is 6.78. The van der Waals surface area contributed by atoms with Gasteiger partial charge in [0.25, 0.3) is 0 Å². The minimum Gasteiger partial charge on any atom is -0.477 e. The number of carboxylic acids is 1. The summed E-state index contributed by atoms with van der Waals surface area (Å²) in [4.78, 5) is 23.3. The van der Waals surface area contributed by atoms with Crippen LogP contribution in [0.25, 0.3) is 0 Å². The molecule has 5 atom stereocenters. The zero-order valence-corrected chi connectivity index (χ0v) is 19.0. The number of benzene rings is 1. The molecule has 31 heavy (non-hydrogen) atoms. The normalized spacial score (nSPS) is 33.9.